The summed E-state index contributed by atoms with van der Waals surface area (Å²) >= 11 is 3.53. The van der Waals surface area contributed by atoms with E-state index in [1.807, 2.05) is 36.7 Å². The van der Waals surface area contributed by atoms with Gasteiger partial charge in [0, 0.05) is 23.1 Å². The first-order valence-corrected chi connectivity index (χ1v) is 10.6. The Labute approximate surface area is 175 Å². The van der Waals surface area contributed by atoms with E-state index < -0.39 is 0 Å². The molecule has 0 amide bonds. The van der Waals surface area contributed by atoms with E-state index in [1.165, 1.54) is 32.1 Å². The first-order valence-electron chi connectivity index (χ1n) is 9.79. The van der Waals surface area contributed by atoms with Crippen molar-refractivity contribution in [2.45, 2.75) is 58.2 Å². The van der Waals surface area contributed by atoms with E-state index in [4.69, 9.17) is 9.73 Å². The maximum atomic E-state index is 5.48. The predicted molar refractivity (Wildman–Crippen MR) is 114 cm³/mol. The summed E-state index contributed by atoms with van der Waals surface area (Å²) in [5.41, 5.74) is 1.04. The zero-order valence-corrected chi connectivity index (χ0v) is 18.4. The summed E-state index contributed by atoms with van der Waals surface area (Å²) in [6.45, 7) is 3.05. The van der Waals surface area contributed by atoms with Crippen LogP contribution in [-0.2, 0) is 20.1 Å². The van der Waals surface area contributed by atoms with Crippen LogP contribution in [0.15, 0.2) is 27.7 Å². The molecular weight excluding hydrogens is 420 g/mol. The van der Waals surface area contributed by atoms with Gasteiger partial charge in [-0.2, -0.15) is 0 Å². The second-order valence-corrected chi connectivity index (χ2v) is 8.09. The van der Waals surface area contributed by atoms with E-state index in [1.54, 1.807) is 7.11 Å². The minimum Gasteiger partial charge on any atom is -0.496 e. The molecule has 28 heavy (non-hydrogen) atoms. The van der Waals surface area contributed by atoms with Crippen LogP contribution in [0.25, 0.3) is 0 Å². The van der Waals surface area contributed by atoms with Crippen molar-refractivity contribution < 1.29 is 4.74 Å². The number of benzene rings is 1. The van der Waals surface area contributed by atoms with Gasteiger partial charge >= 0.3 is 0 Å². The number of hydrogen-bond donors (Lipinski definition) is 2. The topological polar surface area (TPSA) is 76.4 Å². The molecule has 0 saturated heterocycles. The smallest absolute Gasteiger partial charge is 0.192 e. The van der Waals surface area contributed by atoms with Crippen molar-refractivity contribution in [3.8, 4) is 5.75 Å². The molecule has 152 valence electrons. The van der Waals surface area contributed by atoms with Crippen molar-refractivity contribution >= 4 is 21.9 Å². The minimum absolute atomic E-state index is 0.464. The van der Waals surface area contributed by atoms with Crippen LogP contribution >= 0.6 is 15.9 Å². The third-order valence-corrected chi connectivity index (χ3v) is 5.69. The highest BCUT2D eigenvalue weighted by Crippen LogP contribution is 2.23. The van der Waals surface area contributed by atoms with Gasteiger partial charge in [0.05, 0.1) is 20.2 Å². The molecule has 0 spiro atoms. The van der Waals surface area contributed by atoms with Gasteiger partial charge < -0.3 is 19.9 Å². The lowest BCUT2D eigenvalue weighted by Gasteiger charge is -2.25. The Kier molecular flexibility index (Phi) is 7.30. The molecule has 8 heteroatoms. The van der Waals surface area contributed by atoms with E-state index in [2.05, 4.69) is 36.8 Å². The van der Waals surface area contributed by atoms with E-state index in [0.29, 0.717) is 19.1 Å². The minimum atomic E-state index is 0.464. The lowest BCUT2D eigenvalue weighted by atomic mass is 9.96. The second-order valence-electron chi connectivity index (χ2n) is 7.18. The summed E-state index contributed by atoms with van der Waals surface area (Å²) in [7, 11) is 3.66. The Bertz CT molecular complexity index is 813. The first-order chi connectivity index (χ1) is 13.6. The number of nitrogens with one attached hydrogen (secondary N) is 2. The molecule has 1 fully saturated rings. The Hall–Kier alpha value is -2.09. The average molecular weight is 449 g/mol. The molecule has 2 aromatic rings. The lowest BCUT2D eigenvalue weighted by molar-refractivity contribution is 0.407. The molecule has 0 atom stereocenters. The molecule has 1 aromatic carbocycles. The number of ether oxygens (including phenoxy) is 1. The van der Waals surface area contributed by atoms with Crippen LogP contribution in [0.3, 0.4) is 0 Å². The van der Waals surface area contributed by atoms with Crippen molar-refractivity contribution in [2.24, 2.45) is 12.0 Å². The van der Waals surface area contributed by atoms with Crippen molar-refractivity contribution in [1.29, 1.82) is 0 Å². The highest BCUT2D eigenvalue weighted by Gasteiger charge is 2.15. The maximum Gasteiger partial charge on any atom is 0.192 e. The number of guanidine groups is 1. The van der Waals surface area contributed by atoms with Crippen LogP contribution in [0.2, 0.25) is 0 Å². The molecule has 3 rings (SSSR count). The second kappa shape index (κ2) is 9.91. The fraction of sp³-hybridized carbons (Fsp3) is 0.550. The predicted octanol–water partition coefficient (Wildman–Crippen LogP) is 3.46. The number of aliphatic imine (C=N–C) groups is 1. The largest absolute Gasteiger partial charge is 0.496 e. The van der Waals surface area contributed by atoms with Crippen LogP contribution in [0, 0.1) is 6.92 Å². The van der Waals surface area contributed by atoms with E-state index in [9.17, 15) is 0 Å². The van der Waals surface area contributed by atoms with Gasteiger partial charge in [0.1, 0.15) is 11.6 Å². The van der Waals surface area contributed by atoms with Crippen molar-refractivity contribution in [3.63, 3.8) is 0 Å². The van der Waals surface area contributed by atoms with Gasteiger partial charge in [0.15, 0.2) is 11.8 Å². The molecule has 1 aromatic heterocycles. The van der Waals surface area contributed by atoms with Crippen molar-refractivity contribution in [2.75, 3.05) is 7.11 Å². The third-order valence-electron chi connectivity index (χ3n) is 5.19. The van der Waals surface area contributed by atoms with Crippen LogP contribution in [0.5, 0.6) is 5.75 Å². The van der Waals surface area contributed by atoms with Gasteiger partial charge in [-0.15, -0.1) is 10.2 Å². The number of nitrogens with zero attached hydrogens (tertiary/aromatic N) is 4. The Morgan fingerprint density at radius 3 is 2.75 bits per heavy atom. The number of aromatic nitrogens is 3. The third kappa shape index (κ3) is 5.47. The molecule has 0 radical (unpaired) electrons. The van der Waals surface area contributed by atoms with Crippen LogP contribution in [0.1, 0.15) is 49.3 Å². The number of methoxy groups -OCH3 is 1. The Balaban J connectivity index is 1.73. The zero-order valence-electron chi connectivity index (χ0n) is 16.8. The molecule has 0 unspecified atom stereocenters. The number of halogens is 1. The lowest BCUT2D eigenvalue weighted by Crippen LogP contribution is -2.44. The zero-order chi connectivity index (χ0) is 19.9. The van der Waals surface area contributed by atoms with Gasteiger partial charge in [-0.25, -0.2) is 4.99 Å². The molecule has 1 saturated carbocycles. The average Bonchev–Trinajstić information content (AvgIpc) is 3.03. The van der Waals surface area contributed by atoms with Gasteiger partial charge in [0.2, 0.25) is 0 Å². The monoisotopic (exact) mass is 448 g/mol. The first kappa shape index (κ1) is 20.6. The summed E-state index contributed by atoms with van der Waals surface area (Å²) in [4.78, 5) is 4.83. The number of rotatable bonds is 6. The summed E-state index contributed by atoms with van der Waals surface area (Å²) in [6.07, 6.45) is 6.24. The number of hydrogen-bond acceptors (Lipinski definition) is 4. The molecule has 0 aliphatic heterocycles. The Morgan fingerprint density at radius 1 is 1.29 bits per heavy atom. The standard InChI is InChI=1S/C20H29BrN6O/c1-14-25-26-19(27(14)2)13-23-20(24-17-7-5-4-6-8-17)22-12-15-11-16(21)9-10-18(15)28-3/h9-11,17H,4-8,12-13H2,1-3H3,(H2,22,23,24). The van der Waals surface area contributed by atoms with Crippen LogP contribution in [0.4, 0.5) is 0 Å². The van der Waals surface area contributed by atoms with Crippen molar-refractivity contribution in [3.05, 3.63) is 39.9 Å². The van der Waals surface area contributed by atoms with Gasteiger partial charge in [0.25, 0.3) is 0 Å². The Morgan fingerprint density at radius 2 is 2.07 bits per heavy atom. The molecule has 0 bridgehead atoms. The molecule has 2 N–H and O–H groups in total. The quantitative estimate of drug-likeness (QED) is 0.522. The fourth-order valence-electron chi connectivity index (χ4n) is 3.40. The molecule has 1 aliphatic rings. The fourth-order valence-corrected chi connectivity index (χ4v) is 3.80. The highest BCUT2D eigenvalue weighted by atomic mass is 79.9. The highest BCUT2D eigenvalue weighted by molar-refractivity contribution is 9.10. The molecule has 7 nitrogen and oxygen atoms in total. The molecule has 1 aliphatic carbocycles. The maximum absolute atomic E-state index is 5.48. The summed E-state index contributed by atoms with van der Waals surface area (Å²) < 4.78 is 8.48. The normalized spacial score (nSPS) is 15.5. The molecule has 1 heterocycles. The van der Waals surface area contributed by atoms with Crippen LogP contribution in [-0.4, -0.2) is 33.9 Å². The summed E-state index contributed by atoms with van der Waals surface area (Å²) in [6, 6.07) is 6.44. The van der Waals surface area contributed by atoms with Crippen LogP contribution < -0.4 is 15.4 Å². The van der Waals surface area contributed by atoms with Gasteiger partial charge in [-0.3, -0.25) is 0 Å². The summed E-state index contributed by atoms with van der Waals surface area (Å²) in [5.74, 6) is 3.42. The SMILES string of the molecule is COc1ccc(Br)cc1CN=C(NCc1nnc(C)n1C)NC1CCCCC1. The van der Waals surface area contributed by atoms with E-state index in [-0.39, 0.29) is 0 Å². The van der Waals surface area contributed by atoms with Crippen molar-refractivity contribution in [1.82, 2.24) is 25.4 Å². The van der Waals surface area contributed by atoms with Gasteiger partial charge in [-0.1, -0.05) is 35.2 Å². The van der Waals surface area contributed by atoms with E-state index in [0.717, 1.165) is 33.4 Å². The van der Waals surface area contributed by atoms with Gasteiger partial charge in [-0.05, 0) is 38.0 Å². The number of aryl methyl sites for hydroxylation is 1. The molecular formula is C20H29BrN6O. The summed E-state index contributed by atoms with van der Waals surface area (Å²) in [5, 5.41) is 15.4. The van der Waals surface area contributed by atoms with E-state index >= 15 is 0 Å².